The summed E-state index contributed by atoms with van der Waals surface area (Å²) >= 11 is -3.29. The Kier molecular flexibility index (Phi) is 246. The first-order chi connectivity index (χ1) is 2.00. The molecule has 16 N–H and O–H groups in total. The van der Waals surface area contributed by atoms with Crippen molar-refractivity contribution in [2.75, 3.05) is 0 Å². The van der Waals surface area contributed by atoms with Crippen molar-refractivity contribution in [1.82, 2.24) is 0 Å². The first-order valence-electron chi connectivity index (χ1n) is 0.756. The second-order valence-electron chi connectivity index (χ2n) is 0.429. The van der Waals surface area contributed by atoms with E-state index in [0.29, 0.717) is 0 Å². The molecule has 13 heteroatoms. The van der Waals surface area contributed by atoms with Gasteiger partial charge >= 0.3 is 49.6 Å². The summed E-state index contributed by atoms with van der Waals surface area (Å²) < 4.78 is 0. The molecule has 0 spiro atoms. The predicted octanol–water partition coefficient (Wildman–Crippen LogP) is -4.22. The summed E-state index contributed by atoms with van der Waals surface area (Å²) in [6.07, 6.45) is 0. The van der Waals surface area contributed by atoms with Gasteiger partial charge in [-0.2, -0.15) is 0 Å². The standard InChI is InChI=1S/4ClH.8H2O.Sn/h4*1H;8*1H2;/q;;;;;;;;;;;;+4/p-4. The summed E-state index contributed by atoms with van der Waals surface area (Å²) in [6, 6.07) is 0. The van der Waals surface area contributed by atoms with Crippen LogP contribution in [0.1, 0.15) is 0 Å². The van der Waals surface area contributed by atoms with Gasteiger partial charge in [-0.05, 0) is 0 Å². The Labute approximate surface area is 92.9 Å². The third-order valence-corrected chi connectivity index (χ3v) is 0. The van der Waals surface area contributed by atoms with Crippen LogP contribution in [0, 0.1) is 0 Å². The molecule has 0 radical (unpaired) electrons. The summed E-state index contributed by atoms with van der Waals surface area (Å²) in [4.78, 5) is 0. The van der Waals surface area contributed by atoms with Crippen LogP contribution in [-0.2, 0) is 0 Å². The Balaban J connectivity index is -0.00000000286. The van der Waals surface area contributed by atoms with Crippen LogP contribution >= 0.6 is 35.7 Å². The van der Waals surface area contributed by atoms with Gasteiger partial charge in [-0.1, -0.05) is 0 Å². The Morgan fingerprint density at radius 2 is 0.385 bits per heavy atom. The third kappa shape index (κ3) is 688. The summed E-state index contributed by atoms with van der Waals surface area (Å²) in [5, 5.41) is 0. The Morgan fingerprint density at radius 3 is 0.385 bits per heavy atom. The zero-order valence-corrected chi connectivity index (χ0v) is 11.9. The van der Waals surface area contributed by atoms with Gasteiger partial charge in [0.15, 0.2) is 0 Å². The minimum atomic E-state index is -3.29. The molecule has 13 heavy (non-hydrogen) atoms. The van der Waals surface area contributed by atoms with Crippen LogP contribution in [0.5, 0.6) is 0 Å². The zero-order valence-electron chi connectivity index (χ0n) is 6.01. The van der Waals surface area contributed by atoms with Gasteiger partial charge in [0.05, 0.1) is 0 Å². The van der Waals surface area contributed by atoms with Crippen LogP contribution in [-0.4, -0.2) is 57.7 Å². The number of rotatable bonds is 0. The molecule has 0 amide bonds. The topological polar surface area (TPSA) is 252 Å². The fraction of sp³-hybridized carbons (Fsp3) is 0. The third-order valence-electron chi connectivity index (χ3n) is 0. The Bertz CT molecular complexity index is 31.6. The summed E-state index contributed by atoms with van der Waals surface area (Å²) in [5.41, 5.74) is 0. The molecule has 0 aromatic carbocycles. The Hall–Kier alpha value is 1.64. The van der Waals surface area contributed by atoms with Crippen LogP contribution in [0.25, 0.3) is 0 Å². The first kappa shape index (κ1) is 85.6. The van der Waals surface area contributed by atoms with Crippen molar-refractivity contribution in [3.8, 4) is 0 Å². The van der Waals surface area contributed by atoms with Crippen LogP contribution < -0.4 is 0 Å². The van der Waals surface area contributed by atoms with E-state index in [9.17, 15) is 0 Å². The molecule has 0 saturated carbocycles. The second kappa shape index (κ2) is 37.3. The molecule has 96 valence electrons. The molecule has 8 nitrogen and oxygen atoms in total. The van der Waals surface area contributed by atoms with Crippen molar-refractivity contribution in [2.45, 2.75) is 0 Å². The quantitative estimate of drug-likeness (QED) is 0.348. The van der Waals surface area contributed by atoms with Crippen molar-refractivity contribution in [3.05, 3.63) is 0 Å². The average molecular weight is 405 g/mol. The van der Waals surface area contributed by atoms with Gasteiger partial charge in [0.25, 0.3) is 0 Å². The molecular weight excluding hydrogens is 389 g/mol. The summed E-state index contributed by atoms with van der Waals surface area (Å²) in [7, 11) is 20.1. The number of hydrogen-bond donors (Lipinski definition) is 0. The van der Waals surface area contributed by atoms with Crippen molar-refractivity contribution in [1.29, 1.82) is 0 Å². The Morgan fingerprint density at radius 1 is 0.385 bits per heavy atom. The van der Waals surface area contributed by atoms with Crippen LogP contribution in [0.4, 0.5) is 0 Å². The van der Waals surface area contributed by atoms with E-state index in [-0.39, 0.29) is 43.8 Å². The monoisotopic (exact) mass is 404 g/mol. The molecule has 0 bridgehead atoms. The summed E-state index contributed by atoms with van der Waals surface area (Å²) in [6.45, 7) is 0. The van der Waals surface area contributed by atoms with E-state index in [1.807, 2.05) is 0 Å². The fourth-order valence-electron chi connectivity index (χ4n) is 0. The van der Waals surface area contributed by atoms with Gasteiger partial charge in [0.2, 0.25) is 0 Å². The van der Waals surface area contributed by atoms with E-state index in [4.69, 9.17) is 35.7 Å². The second-order valence-corrected chi connectivity index (χ2v) is 25.9. The maximum absolute atomic E-state index is 5.04. The number of halogens is 4. The van der Waals surface area contributed by atoms with E-state index in [1.165, 1.54) is 0 Å². The SMILES string of the molecule is O.O.O.O.O.O.O.O.[Cl][Sn]([Cl])([Cl])[Cl]. The molecule has 0 rings (SSSR count). The fourth-order valence-corrected chi connectivity index (χ4v) is 0. The predicted molar refractivity (Wildman–Crippen MR) is 58.1 cm³/mol. The van der Waals surface area contributed by atoms with Crippen molar-refractivity contribution < 1.29 is 43.8 Å². The van der Waals surface area contributed by atoms with E-state index in [0.717, 1.165) is 0 Å². The van der Waals surface area contributed by atoms with Gasteiger partial charge in [-0.15, -0.1) is 0 Å². The van der Waals surface area contributed by atoms with Gasteiger partial charge in [0, 0.05) is 0 Å². The molecule has 0 atom stereocenters. The molecule has 0 fully saturated rings. The normalized spacial score (nSPS) is 4.62. The van der Waals surface area contributed by atoms with Gasteiger partial charge < -0.3 is 43.8 Å². The number of hydrogen-bond acceptors (Lipinski definition) is 0. The molecule has 0 saturated heterocycles. The zero-order chi connectivity index (χ0) is 4.50. The van der Waals surface area contributed by atoms with Crippen molar-refractivity contribution in [3.63, 3.8) is 0 Å². The molecule has 0 aliphatic heterocycles. The van der Waals surface area contributed by atoms with E-state index in [1.54, 1.807) is 0 Å². The summed E-state index contributed by atoms with van der Waals surface area (Å²) in [5.74, 6) is 0. The molecule has 0 aliphatic rings. The van der Waals surface area contributed by atoms with Gasteiger partial charge in [-0.25, -0.2) is 0 Å². The molecule has 0 heterocycles. The van der Waals surface area contributed by atoms with E-state index < -0.39 is 13.9 Å². The molecular formula is H16Cl4O8Sn. The molecule has 0 aliphatic carbocycles. The van der Waals surface area contributed by atoms with Gasteiger partial charge in [0.1, 0.15) is 0 Å². The van der Waals surface area contributed by atoms with Crippen LogP contribution in [0.3, 0.4) is 0 Å². The van der Waals surface area contributed by atoms with Crippen LogP contribution in [0.15, 0.2) is 0 Å². The molecule has 0 aromatic rings. The molecule has 0 unspecified atom stereocenters. The first-order valence-corrected chi connectivity index (χ1v) is 15.2. The van der Waals surface area contributed by atoms with Crippen molar-refractivity contribution in [2.24, 2.45) is 0 Å². The van der Waals surface area contributed by atoms with Crippen LogP contribution in [0.2, 0.25) is 0 Å². The van der Waals surface area contributed by atoms with E-state index >= 15 is 0 Å². The van der Waals surface area contributed by atoms with Gasteiger partial charge in [-0.3, -0.25) is 0 Å². The molecule has 0 aromatic heterocycles. The van der Waals surface area contributed by atoms with E-state index in [2.05, 4.69) is 0 Å². The average Bonchev–Trinajstić information content (AvgIpc) is 0.722. The minimum absolute atomic E-state index is 0. The van der Waals surface area contributed by atoms with Crippen molar-refractivity contribution >= 4 is 49.6 Å². The maximum atomic E-state index is 5.04.